The minimum absolute atomic E-state index is 0.0428. The number of terminal acetylenes is 1. The molecule has 2 unspecified atom stereocenters. The lowest BCUT2D eigenvalue weighted by atomic mass is 9.74. The van der Waals surface area contributed by atoms with Crippen molar-refractivity contribution in [3.63, 3.8) is 0 Å². The number of hydrogen-bond donors (Lipinski definition) is 4. The number of ether oxygens (including phenoxy) is 2. The van der Waals surface area contributed by atoms with E-state index in [9.17, 15) is 4.79 Å². The number of amides is 2. The van der Waals surface area contributed by atoms with Crippen molar-refractivity contribution in [2.45, 2.75) is 49.7 Å². The van der Waals surface area contributed by atoms with Crippen LogP contribution in [0.4, 0.5) is 38.9 Å². The van der Waals surface area contributed by atoms with E-state index in [1.165, 1.54) is 12.3 Å². The first kappa shape index (κ1) is 39.3. The van der Waals surface area contributed by atoms with Crippen molar-refractivity contribution in [2.24, 2.45) is 0 Å². The van der Waals surface area contributed by atoms with Gasteiger partial charge in [-0.3, -0.25) is 19.4 Å². The summed E-state index contributed by atoms with van der Waals surface area (Å²) in [7, 11) is 0. The van der Waals surface area contributed by atoms with Gasteiger partial charge in [-0.25, -0.2) is 9.37 Å². The van der Waals surface area contributed by atoms with Gasteiger partial charge in [0, 0.05) is 49.7 Å². The first-order chi connectivity index (χ1) is 28.2. The number of carbonyl (C=O) groups excluding carboxylic acids is 2. The molecule has 5 heterocycles. The molecule has 2 fully saturated rings. The highest BCUT2D eigenvalue weighted by molar-refractivity contribution is 6.32. The number of allylic oxidation sites excluding steroid dienone is 2. The monoisotopic (exact) mass is 810 g/mol. The summed E-state index contributed by atoms with van der Waals surface area (Å²) in [6.07, 6.45) is 16.7. The maximum Gasteiger partial charge on any atom is 0.255 e. The zero-order valence-electron chi connectivity index (χ0n) is 32.3. The highest BCUT2D eigenvalue weighted by Gasteiger charge is 2.66. The Kier molecular flexibility index (Phi) is 11.3. The van der Waals surface area contributed by atoms with E-state index in [1.54, 1.807) is 35.3 Å². The van der Waals surface area contributed by atoms with Crippen LogP contribution in [-0.4, -0.2) is 108 Å². The van der Waals surface area contributed by atoms with E-state index in [2.05, 4.69) is 31.8 Å². The van der Waals surface area contributed by atoms with Gasteiger partial charge < -0.3 is 41.0 Å². The van der Waals surface area contributed by atoms with Gasteiger partial charge >= 0.3 is 0 Å². The molecule has 16 heteroatoms. The Bertz CT molecular complexity index is 2150. The van der Waals surface area contributed by atoms with Crippen molar-refractivity contribution in [1.82, 2.24) is 25.1 Å². The van der Waals surface area contributed by atoms with Crippen molar-refractivity contribution >= 4 is 57.9 Å². The van der Waals surface area contributed by atoms with Crippen LogP contribution in [0.1, 0.15) is 38.5 Å². The number of nitrogens with zero attached hydrogens (tertiary/aromatic N) is 6. The lowest BCUT2D eigenvalue weighted by Gasteiger charge is -2.57. The molecule has 5 N–H and O–H groups in total. The summed E-state index contributed by atoms with van der Waals surface area (Å²) in [6.45, 7) is 4.77. The smallest absolute Gasteiger partial charge is 0.255 e. The molecule has 58 heavy (non-hydrogen) atoms. The van der Waals surface area contributed by atoms with Crippen molar-refractivity contribution in [3.8, 4) is 23.8 Å². The van der Waals surface area contributed by atoms with Crippen LogP contribution in [0.15, 0.2) is 66.6 Å². The summed E-state index contributed by atoms with van der Waals surface area (Å²) in [5, 5.41) is 9.66. The third kappa shape index (κ3) is 7.25. The average molecular weight is 811 g/mol. The number of anilines is 6. The summed E-state index contributed by atoms with van der Waals surface area (Å²) >= 11 is 6.89. The second-order valence-electron chi connectivity index (χ2n) is 15.1. The maximum atomic E-state index is 17.6. The molecule has 8 rings (SSSR count). The van der Waals surface area contributed by atoms with Gasteiger partial charge in [-0.2, -0.15) is 4.98 Å². The fourth-order valence-corrected chi connectivity index (χ4v) is 8.93. The van der Waals surface area contributed by atoms with Crippen LogP contribution < -0.4 is 41.0 Å². The topological polar surface area (TPSA) is 153 Å². The van der Waals surface area contributed by atoms with E-state index in [4.69, 9.17) is 38.2 Å². The molecule has 2 atom stereocenters. The Morgan fingerprint density at radius 1 is 0.948 bits per heavy atom. The molecule has 0 saturated carbocycles. The number of fused-ring (bicyclic) bond motifs is 2. The zero-order valence-corrected chi connectivity index (χ0v) is 33.1. The largest absolute Gasteiger partial charge is 0.491 e. The number of hydrogen-bond acceptors (Lipinski definition) is 12. The summed E-state index contributed by atoms with van der Waals surface area (Å²) in [4.78, 5) is 45.5. The van der Waals surface area contributed by atoms with E-state index >= 15 is 9.18 Å². The molecular weight excluding hydrogens is 763 g/mol. The fourth-order valence-electron chi connectivity index (χ4n) is 8.80. The van der Waals surface area contributed by atoms with Gasteiger partial charge in [-0.15, -0.1) is 6.42 Å². The molecule has 1 aliphatic carbocycles. The SMILES string of the molecule is C#CCNC(=O)C1(N2CCCOc3cc(N)ccc32)C=CC=C(F)C1(Nc1nc(Nc2ccc3c(c2)OCCCN3C(=O)CN2CCCC2)ncc1Cl)N1CCCC1. The van der Waals surface area contributed by atoms with Crippen molar-refractivity contribution in [3.05, 3.63) is 71.7 Å². The third-order valence-corrected chi connectivity index (χ3v) is 11.7. The lowest BCUT2D eigenvalue weighted by Crippen LogP contribution is -2.79. The van der Waals surface area contributed by atoms with Crippen LogP contribution in [0.25, 0.3) is 0 Å². The Morgan fingerprint density at radius 2 is 1.67 bits per heavy atom. The van der Waals surface area contributed by atoms with Gasteiger partial charge in [0.05, 0.1) is 43.9 Å². The molecule has 4 aliphatic heterocycles. The first-order valence-corrected chi connectivity index (χ1v) is 20.3. The fraction of sp³-hybridized carbons (Fsp3) is 0.429. The van der Waals surface area contributed by atoms with Crippen molar-refractivity contribution < 1.29 is 23.5 Å². The number of benzene rings is 2. The van der Waals surface area contributed by atoms with E-state index in [0.717, 1.165) is 38.8 Å². The Balaban J connectivity index is 1.18. The predicted octanol–water partition coefficient (Wildman–Crippen LogP) is 5.07. The molecule has 14 nitrogen and oxygen atoms in total. The maximum absolute atomic E-state index is 17.6. The molecule has 304 valence electrons. The molecular formula is C42H48ClFN10O4. The minimum Gasteiger partial charge on any atom is -0.491 e. The minimum atomic E-state index is -1.89. The second kappa shape index (κ2) is 16.7. The molecule has 3 aromatic rings. The average Bonchev–Trinajstić information content (AvgIpc) is 3.87. The number of carbonyl (C=O) groups is 2. The number of nitrogens with two attached hydrogens (primary N) is 1. The van der Waals surface area contributed by atoms with Crippen LogP contribution in [0.5, 0.6) is 11.5 Å². The van der Waals surface area contributed by atoms with Gasteiger partial charge in [-0.1, -0.05) is 23.6 Å². The van der Waals surface area contributed by atoms with Crippen LogP contribution in [0.3, 0.4) is 0 Å². The number of rotatable bonds is 10. The first-order valence-electron chi connectivity index (χ1n) is 19.9. The van der Waals surface area contributed by atoms with Crippen molar-refractivity contribution in [2.75, 3.05) is 91.7 Å². The molecule has 2 aromatic carbocycles. The molecule has 5 aliphatic rings. The number of likely N-dealkylation sites (tertiary alicyclic amines) is 2. The third-order valence-electron chi connectivity index (χ3n) is 11.4. The van der Waals surface area contributed by atoms with Crippen LogP contribution >= 0.6 is 11.6 Å². The molecule has 0 bridgehead atoms. The van der Waals surface area contributed by atoms with E-state index in [-0.39, 0.29) is 29.2 Å². The normalized spacial score (nSPS) is 23.3. The summed E-state index contributed by atoms with van der Waals surface area (Å²) in [5.74, 6) is 2.66. The highest BCUT2D eigenvalue weighted by Crippen LogP contribution is 2.50. The van der Waals surface area contributed by atoms with E-state index < -0.39 is 22.9 Å². The quantitative estimate of drug-likeness (QED) is 0.160. The molecule has 2 saturated heterocycles. The van der Waals surface area contributed by atoms with E-state index in [0.29, 0.717) is 93.0 Å². The molecule has 0 radical (unpaired) electrons. The summed E-state index contributed by atoms with van der Waals surface area (Å²) < 4.78 is 29.8. The zero-order chi connectivity index (χ0) is 40.3. The molecule has 2 amide bonds. The second-order valence-corrected chi connectivity index (χ2v) is 15.5. The summed E-state index contributed by atoms with van der Waals surface area (Å²) in [5.41, 5.74) is 4.85. The number of nitrogen functional groups attached to an aromatic ring is 1. The van der Waals surface area contributed by atoms with Crippen LogP contribution in [-0.2, 0) is 9.59 Å². The Labute approximate surface area is 342 Å². The number of aromatic nitrogens is 2. The van der Waals surface area contributed by atoms with E-state index in [1.807, 2.05) is 28.0 Å². The predicted molar refractivity (Wildman–Crippen MR) is 223 cm³/mol. The highest BCUT2D eigenvalue weighted by atomic mass is 35.5. The summed E-state index contributed by atoms with van der Waals surface area (Å²) in [6, 6.07) is 10.7. The molecule has 0 spiro atoms. The van der Waals surface area contributed by atoms with Crippen molar-refractivity contribution in [1.29, 1.82) is 0 Å². The van der Waals surface area contributed by atoms with Gasteiger partial charge in [0.2, 0.25) is 11.9 Å². The Morgan fingerprint density at radius 3 is 2.45 bits per heavy atom. The lowest BCUT2D eigenvalue weighted by molar-refractivity contribution is -0.129. The number of nitrogens with one attached hydrogen (secondary N) is 3. The Hall–Kier alpha value is -5.56. The number of halogens is 2. The van der Waals surface area contributed by atoms with Gasteiger partial charge in [-0.05, 0) is 88.0 Å². The van der Waals surface area contributed by atoms with Crippen LogP contribution in [0, 0.1) is 12.3 Å². The molecule has 1 aromatic heterocycles. The van der Waals surface area contributed by atoms with Gasteiger partial charge in [0.1, 0.15) is 22.3 Å². The van der Waals surface area contributed by atoms with Crippen LogP contribution in [0.2, 0.25) is 5.02 Å². The standard InChI is InChI=1S/C42H48ClFN10O4/c1-2-16-46-39(56)41(54-22-9-24-57-34-25-29(45)11-13-33(34)54)15-7-10-36(44)42(41,52-19-5-6-20-52)50-38-31(43)27-47-40(49-38)48-30-12-14-32-35(26-30)58-23-8-21-53(32)37(55)28-51-17-3-4-18-51/h1,7,10-15,25-27H,3-6,8-9,16-24,28,45H2,(H,46,56)(H2,47,48,49,50). The van der Waals surface area contributed by atoms with Gasteiger partial charge in [0.25, 0.3) is 5.91 Å². The van der Waals surface area contributed by atoms with Gasteiger partial charge in [0.15, 0.2) is 17.0 Å².